The Morgan fingerprint density at radius 3 is 1.33 bits per heavy atom. The van der Waals surface area contributed by atoms with E-state index in [4.69, 9.17) is 15.0 Å². The van der Waals surface area contributed by atoms with Crippen LogP contribution in [0.5, 0.6) is 0 Å². The van der Waals surface area contributed by atoms with Gasteiger partial charge in [0.1, 0.15) is 0 Å². The highest BCUT2D eigenvalue weighted by atomic mass is 15.0. The van der Waals surface area contributed by atoms with Gasteiger partial charge in [-0.25, -0.2) is 15.0 Å². The molecule has 0 saturated carbocycles. The summed E-state index contributed by atoms with van der Waals surface area (Å²) in [4.78, 5) is 15.4. The van der Waals surface area contributed by atoms with E-state index in [-0.39, 0.29) is 0 Å². The molecular formula is C59H35N7. The Morgan fingerprint density at radius 2 is 0.803 bits per heavy atom. The maximum atomic E-state index is 9.95. The molecule has 0 N–H and O–H groups in total. The number of aromatic nitrogens is 5. The summed E-state index contributed by atoms with van der Waals surface area (Å²) in [6.45, 7) is 0. The predicted molar refractivity (Wildman–Crippen MR) is 265 cm³/mol. The van der Waals surface area contributed by atoms with Crippen LogP contribution in [-0.2, 0) is 0 Å². The highest BCUT2D eigenvalue weighted by Gasteiger charge is 2.26. The molecule has 9 aromatic carbocycles. The third kappa shape index (κ3) is 6.31. The van der Waals surface area contributed by atoms with Crippen molar-refractivity contribution in [2.45, 2.75) is 0 Å². The molecule has 0 spiro atoms. The molecule has 0 atom stereocenters. The summed E-state index contributed by atoms with van der Waals surface area (Å²) >= 11 is 0. The Kier molecular flexibility index (Phi) is 9.12. The van der Waals surface area contributed by atoms with Gasteiger partial charge < -0.3 is 9.13 Å². The van der Waals surface area contributed by atoms with Gasteiger partial charge in [0.25, 0.3) is 0 Å². The van der Waals surface area contributed by atoms with Crippen molar-refractivity contribution in [2.24, 2.45) is 0 Å². The Morgan fingerprint density at radius 1 is 0.348 bits per heavy atom. The first kappa shape index (κ1) is 38.3. The van der Waals surface area contributed by atoms with Crippen molar-refractivity contribution in [3.05, 3.63) is 223 Å². The summed E-state index contributed by atoms with van der Waals surface area (Å²) in [5, 5.41) is 24.5. The summed E-state index contributed by atoms with van der Waals surface area (Å²) in [6, 6.07) is 76.8. The van der Waals surface area contributed by atoms with Crippen LogP contribution < -0.4 is 0 Å². The van der Waals surface area contributed by atoms with Crippen molar-refractivity contribution >= 4 is 43.6 Å². The molecule has 12 aromatic rings. The molecule has 0 radical (unpaired) electrons. The second-order valence-electron chi connectivity index (χ2n) is 16.2. The maximum Gasteiger partial charge on any atom is 0.164 e. The molecule has 0 unspecified atom stereocenters. The largest absolute Gasteiger partial charge is 0.309 e. The van der Waals surface area contributed by atoms with Crippen LogP contribution in [0.3, 0.4) is 0 Å². The Bertz CT molecular complexity index is 3780. The van der Waals surface area contributed by atoms with Gasteiger partial charge in [0.15, 0.2) is 17.5 Å². The lowest BCUT2D eigenvalue weighted by Gasteiger charge is -2.21. The van der Waals surface area contributed by atoms with Crippen molar-refractivity contribution in [2.75, 3.05) is 0 Å². The van der Waals surface area contributed by atoms with Crippen LogP contribution in [-0.4, -0.2) is 24.1 Å². The van der Waals surface area contributed by atoms with E-state index in [0.717, 1.165) is 88.5 Å². The summed E-state index contributed by atoms with van der Waals surface area (Å²) < 4.78 is 4.78. The van der Waals surface area contributed by atoms with Gasteiger partial charge in [-0.05, 0) is 77.9 Å². The highest BCUT2D eigenvalue weighted by Crippen LogP contribution is 2.47. The third-order valence-electron chi connectivity index (χ3n) is 12.4. The lowest BCUT2D eigenvalue weighted by molar-refractivity contribution is 1.07. The van der Waals surface area contributed by atoms with Crippen molar-refractivity contribution < 1.29 is 0 Å². The average Bonchev–Trinajstić information content (AvgIpc) is 3.92. The van der Waals surface area contributed by atoms with E-state index < -0.39 is 0 Å². The normalized spacial score (nSPS) is 11.3. The molecule has 0 fully saturated rings. The van der Waals surface area contributed by atoms with E-state index in [1.54, 1.807) is 0 Å². The summed E-state index contributed by atoms with van der Waals surface area (Å²) in [7, 11) is 0. The minimum atomic E-state index is 0.510. The van der Waals surface area contributed by atoms with Gasteiger partial charge in [-0.2, -0.15) is 10.5 Å². The van der Waals surface area contributed by atoms with Gasteiger partial charge in [0, 0.05) is 55.0 Å². The van der Waals surface area contributed by atoms with Crippen molar-refractivity contribution in [3.63, 3.8) is 0 Å². The fraction of sp³-hybridized carbons (Fsp3) is 0. The van der Waals surface area contributed by atoms with Gasteiger partial charge in [0.2, 0.25) is 0 Å². The summed E-state index contributed by atoms with van der Waals surface area (Å²) in [6.07, 6.45) is 0. The SMILES string of the molecule is N#Cc1ccc(-c2cc(-c3nc(-c4ccccc4)nc(-c4ccccc4)n3)cc(-c3ccc(C#N)cc3)c2-n2c3ccccc3c3c2ccc2c4ccccc4n(-c4ccccc4)c23)cc1. The number of nitriles is 2. The molecule has 306 valence electrons. The van der Waals surface area contributed by atoms with Crippen molar-refractivity contribution in [1.29, 1.82) is 10.5 Å². The molecule has 0 amide bonds. The summed E-state index contributed by atoms with van der Waals surface area (Å²) in [5.41, 5.74) is 13.6. The molecule has 7 nitrogen and oxygen atoms in total. The quantitative estimate of drug-likeness (QED) is 0.159. The Hall–Kier alpha value is -9.43. The first-order valence-electron chi connectivity index (χ1n) is 21.7. The molecule has 0 aliphatic carbocycles. The van der Waals surface area contributed by atoms with Crippen LogP contribution in [0.2, 0.25) is 0 Å². The maximum absolute atomic E-state index is 9.95. The molecule has 12 rings (SSSR count). The smallest absolute Gasteiger partial charge is 0.164 e. The molecule has 0 aliphatic rings. The minimum absolute atomic E-state index is 0.510. The van der Waals surface area contributed by atoms with Gasteiger partial charge in [-0.1, -0.05) is 146 Å². The molecule has 0 saturated heterocycles. The molecule has 3 heterocycles. The minimum Gasteiger partial charge on any atom is -0.309 e. The number of rotatable bonds is 7. The van der Waals surface area contributed by atoms with Gasteiger partial charge >= 0.3 is 0 Å². The van der Waals surface area contributed by atoms with Gasteiger partial charge in [-0.15, -0.1) is 0 Å². The van der Waals surface area contributed by atoms with E-state index in [2.05, 4.69) is 124 Å². The van der Waals surface area contributed by atoms with Gasteiger partial charge in [-0.3, -0.25) is 0 Å². The molecule has 0 aliphatic heterocycles. The predicted octanol–water partition coefficient (Wildman–Crippen LogP) is 14.1. The third-order valence-corrected chi connectivity index (χ3v) is 12.4. The second kappa shape index (κ2) is 15.7. The lowest BCUT2D eigenvalue weighted by atomic mass is 9.91. The average molecular weight is 842 g/mol. The second-order valence-corrected chi connectivity index (χ2v) is 16.2. The zero-order chi connectivity index (χ0) is 44.1. The molecule has 3 aromatic heterocycles. The van der Waals surface area contributed by atoms with Crippen molar-refractivity contribution in [1.82, 2.24) is 24.1 Å². The van der Waals surface area contributed by atoms with Crippen LogP contribution in [0.4, 0.5) is 0 Å². The zero-order valence-electron chi connectivity index (χ0n) is 35.3. The standard InChI is InChI=1S/C59H35N7/c60-36-38-24-28-40(29-25-38)49-34-44(59-63-57(42-14-4-1-5-15-42)62-58(64-59)43-16-6-2-7-17-43)35-50(41-30-26-39(37-61)27-31-41)55(49)66-52-23-13-11-21-48(52)54-53(66)33-32-47-46-20-10-12-22-51(46)65(56(47)54)45-18-8-3-9-19-45/h1-35H. The molecule has 66 heavy (non-hydrogen) atoms. The van der Waals surface area contributed by atoms with Crippen LogP contribution in [0.15, 0.2) is 212 Å². The first-order valence-corrected chi connectivity index (χ1v) is 21.7. The lowest BCUT2D eigenvalue weighted by Crippen LogP contribution is -2.04. The number of hydrogen-bond acceptors (Lipinski definition) is 5. The van der Waals surface area contributed by atoms with Crippen LogP contribution in [0.25, 0.3) is 111 Å². The van der Waals surface area contributed by atoms with Gasteiger partial charge in [0.05, 0.1) is 51.0 Å². The van der Waals surface area contributed by atoms with E-state index in [0.29, 0.717) is 28.6 Å². The number of benzene rings is 9. The van der Waals surface area contributed by atoms with E-state index >= 15 is 0 Å². The highest BCUT2D eigenvalue weighted by molar-refractivity contribution is 6.26. The number of para-hydroxylation sites is 3. The van der Waals surface area contributed by atoms with Crippen LogP contribution in [0.1, 0.15) is 11.1 Å². The molecular weight excluding hydrogens is 807 g/mol. The molecule has 7 heteroatoms. The van der Waals surface area contributed by atoms with E-state index in [1.165, 1.54) is 5.39 Å². The van der Waals surface area contributed by atoms with Crippen LogP contribution in [0, 0.1) is 22.7 Å². The molecule has 0 bridgehead atoms. The first-order chi connectivity index (χ1) is 32.6. The summed E-state index contributed by atoms with van der Waals surface area (Å²) in [5.74, 6) is 1.63. The van der Waals surface area contributed by atoms with Crippen molar-refractivity contribution in [3.8, 4) is 79.9 Å². The van der Waals surface area contributed by atoms with E-state index in [9.17, 15) is 10.5 Å². The monoisotopic (exact) mass is 841 g/mol. The number of hydrogen-bond donors (Lipinski definition) is 0. The number of fused-ring (bicyclic) bond motifs is 7. The Balaban J connectivity index is 1.23. The fourth-order valence-electron chi connectivity index (χ4n) is 9.43. The van der Waals surface area contributed by atoms with E-state index in [1.807, 2.05) is 109 Å². The fourth-order valence-corrected chi connectivity index (χ4v) is 9.43. The van der Waals surface area contributed by atoms with Crippen LogP contribution >= 0.6 is 0 Å². The Labute approximate surface area is 380 Å². The zero-order valence-corrected chi connectivity index (χ0v) is 35.3. The topological polar surface area (TPSA) is 96.1 Å². The number of nitrogens with zero attached hydrogens (tertiary/aromatic N) is 7.